The molecule has 1 N–H and O–H groups in total. The Morgan fingerprint density at radius 2 is 1.78 bits per heavy atom. The molecule has 18 heavy (non-hydrogen) atoms. The molecule has 8 heteroatoms. The predicted octanol–water partition coefficient (Wildman–Crippen LogP) is 3.14. The summed E-state index contributed by atoms with van der Waals surface area (Å²) in [4.78, 5) is -0.801. The average Bonchev–Trinajstić information content (AvgIpc) is 2.25. The third-order valence-electron chi connectivity index (χ3n) is 1.95. The first-order valence-corrected chi connectivity index (χ1v) is 6.49. The molecule has 3 nitrogen and oxygen atoms in total. The number of anilines is 1. The number of hydrogen-bond acceptors (Lipinski definition) is 3. The zero-order chi connectivity index (χ0) is 14.0. The van der Waals surface area contributed by atoms with Crippen molar-refractivity contribution in [2.75, 3.05) is 11.9 Å². The Hall–Kier alpha value is -1.21. The van der Waals surface area contributed by atoms with Crippen molar-refractivity contribution in [1.29, 1.82) is 0 Å². The maximum absolute atomic E-state index is 12.2. The van der Waals surface area contributed by atoms with Gasteiger partial charge in [-0.1, -0.05) is 18.2 Å². The van der Waals surface area contributed by atoms with Crippen molar-refractivity contribution in [2.24, 2.45) is 0 Å². The maximum Gasteiger partial charge on any atom is 0.501 e. The molecular formula is C10H9ClF3NO2S. The molecule has 100 valence electrons. The van der Waals surface area contributed by atoms with Gasteiger partial charge in [-0.15, -0.1) is 0 Å². The molecule has 0 saturated heterocycles. The molecule has 0 aliphatic rings. The van der Waals surface area contributed by atoms with Crippen molar-refractivity contribution in [1.82, 2.24) is 0 Å². The highest BCUT2D eigenvalue weighted by Crippen LogP contribution is 2.30. The van der Waals surface area contributed by atoms with Gasteiger partial charge in [0.15, 0.2) is 0 Å². The molecule has 0 heterocycles. The molecule has 0 saturated carbocycles. The first-order valence-electron chi connectivity index (χ1n) is 4.63. The summed E-state index contributed by atoms with van der Waals surface area (Å²) in [6, 6.07) is 4.20. The first-order chi connectivity index (χ1) is 8.14. The standard InChI is InChI=1S/C10H9ClF3NO2S/c1-7(11)6-15-8-2-4-9(5-3-8)18(16,17)10(12,13)14/h2-5,15H,1,6H2. The number of hydrogen-bond donors (Lipinski definition) is 1. The van der Waals surface area contributed by atoms with Crippen molar-refractivity contribution in [3.63, 3.8) is 0 Å². The van der Waals surface area contributed by atoms with Crippen molar-refractivity contribution in [3.05, 3.63) is 35.9 Å². The Labute approximate surface area is 107 Å². The van der Waals surface area contributed by atoms with Crippen LogP contribution in [-0.4, -0.2) is 20.5 Å². The van der Waals surface area contributed by atoms with E-state index in [9.17, 15) is 21.6 Å². The molecule has 0 aliphatic carbocycles. The Bertz CT molecular complexity index is 537. The lowest BCUT2D eigenvalue weighted by molar-refractivity contribution is -0.0436. The van der Waals surface area contributed by atoms with E-state index in [0.29, 0.717) is 10.7 Å². The van der Waals surface area contributed by atoms with Crippen LogP contribution < -0.4 is 5.32 Å². The highest BCUT2D eigenvalue weighted by molar-refractivity contribution is 7.92. The van der Waals surface area contributed by atoms with E-state index in [1.807, 2.05) is 0 Å². The second-order valence-electron chi connectivity index (χ2n) is 3.34. The van der Waals surface area contributed by atoms with E-state index in [1.54, 1.807) is 0 Å². The van der Waals surface area contributed by atoms with Crippen molar-refractivity contribution in [2.45, 2.75) is 10.4 Å². The molecule has 0 amide bonds. The van der Waals surface area contributed by atoms with E-state index in [2.05, 4.69) is 11.9 Å². The van der Waals surface area contributed by atoms with Crippen LogP contribution in [-0.2, 0) is 9.84 Å². The van der Waals surface area contributed by atoms with Crippen molar-refractivity contribution >= 4 is 27.1 Å². The van der Waals surface area contributed by atoms with Gasteiger partial charge in [0.05, 0.1) is 11.4 Å². The lowest BCUT2D eigenvalue weighted by Gasteiger charge is -2.09. The monoisotopic (exact) mass is 299 g/mol. The van der Waals surface area contributed by atoms with Crippen LogP contribution in [0.2, 0.25) is 0 Å². The Morgan fingerprint density at radius 3 is 2.17 bits per heavy atom. The third-order valence-corrected chi connectivity index (χ3v) is 3.59. The fourth-order valence-electron chi connectivity index (χ4n) is 1.08. The zero-order valence-corrected chi connectivity index (χ0v) is 10.5. The quantitative estimate of drug-likeness (QED) is 0.929. The van der Waals surface area contributed by atoms with Crippen LogP contribution >= 0.6 is 11.6 Å². The van der Waals surface area contributed by atoms with E-state index < -0.39 is 20.2 Å². The molecule has 0 aromatic heterocycles. The Morgan fingerprint density at radius 1 is 1.28 bits per heavy atom. The summed E-state index contributed by atoms with van der Waals surface area (Å²) in [5.41, 5.74) is -4.86. The highest BCUT2D eigenvalue weighted by atomic mass is 35.5. The molecule has 0 aliphatic heterocycles. The van der Waals surface area contributed by atoms with E-state index in [-0.39, 0.29) is 6.54 Å². The van der Waals surface area contributed by atoms with Crippen LogP contribution in [0.1, 0.15) is 0 Å². The minimum atomic E-state index is -5.30. The fraction of sp³-hybridized carbons (Fsp3) is 0.200. The lowest BCUT2D eigenvalue weighted by Crippen LogP contribution is -2.23. The molecule has 0 atom stereocenters. The van der Waals surface area contributed by atoms with Gasteiger partial charge in [-0.2, -0.15) is 13.2 Å². The van der Waals surface area contributed by atoms with Gasteiger partial charge in [-0.3, -0.25) is 0 Å². The highest BCUT2D eigenvalue weighted by Gasteiger charge is 2.46. The molecule has 0 unspecified atom stereocenters. The number of halogens is 4. The van der Waals surface area contributed by atoms with Gasteiger partial charge in [0.1, 0.15) is 0 Å². The summed E-state index contributed by atoms with van der Waals surface area (Å²) in [5, 5.41) is 3.08. The largest absolute Gasteiger partial charge is 0.501 e. The summed E-state index contributed by atoms with van der Waals surface area (Å²) in [6.07, 6.45) is 0. The predicted molar refractivity (Wildman–Crippen MR) is 63.2 cm³/mol. The second-order valence-corrected chi connectivity index (χ2v) is 5.82. The van der Waals surface area contributed by atoms with Gasteiger partial charge in [0.2, 0.25) is 0 Å². The van der Waals surface area contributed by atoms with Crippen LogP contribution in [0, 0.1) is 0 Å². The minimum Gasteiger partial charge on any atom is -0.380 e. The van der Waals surface area contributed by atoms with Crippen molar-refractivity contribution < 1.29 is 21.6 Å². The molecule has 1 aromatic carbocycles. The van der Waals surface area contributed by atoms with Crippen LogP contribution in [0.25, 0.3) is 0 Å². The van der Waals surface area contributed by atoms with Crippen LogP contribution in [0.3, 0.4) is 0 Å². The topological polar surface area (TPSA) is 46.2 Å². The Kier molecular flexibility index (Phi) is 4.28. The molecular weight excluding hydrogens is 291 g/mol. The number of rotatable bonds is 4. The normalized spacial score (nSPS) is 12.2. The number of benzene rings is 1. The SMILES string of the molecule is C=C(Cl)CNc1ccc(S(=O)(=O)C(F)(F)F)cc1. The summed E-state index contributed by atoms with van der Waals surface area (Å²) < 4.78 is 58.8. The smallest absolute Gasteiger partial charge is 0.380 e. The fourth-order valence-corrected chi connectivity index (χ4v) is 1.91. The zero-order valence-electron chi connectivity index (χ0n) is 8.96. The molecule has 1 aromatic rings. The molecule has 0 radical (unpaired) electrons. The van der Waals surface area contributed by atoms with Crippen molar-refractivity contribution in [3.8, 4) is 0 Å². The molecule has 0 bridgehead atoms. The molecule has 0 fully saturated rings. The Balaban J connectivity index is 2.93. The minimum absolute atomic E-state index is 0.229. The van der Waals surface area contributed by atoms with Gasteiger partial charge in [-0.05, 0) is 24.3 Å². The van der Waals surface area contributed by atoms with Gasteiger partial charge in [0, 0.05) is 10.7 Å². The summed E-state index contributed by atoms with van der Waals surface area (Å²) >= 11 is 5.49. The third kappa shape index (κ3) is 3.39. The van der Waals surface area contributed by atoms with Crippen LogP contribution in [0.15, 0.2) is 40.8 Å². The first kappa shape index (κ1) is 14.8. The summed E-state index contributed by atoms with van der Waals surface area (Å²) in [5.74, 6) is 0. The van der Waals surface area contributed by atoms with Gasteiger partial charge >= 0.3 is 5.51 Å². The maximum atomic E-state index is 12.2. The summed E-state index contributed by atoms with van der Waals surface area (Å²) in [6.45, 7) is 3.65. The lowest BCUT2D eigenvalue weighted by atomic mass is 10.3. The second kappa shape index (κ2) is 5.19. The van der Waals surface area contributed by atoms with Gasteiger partial charge < -0.3 is 5.32 Å². The summed E-state index contributed by atoms with van der Waals surface area (Å²) in [7, 11) is -5.30. The van der Waals surface area contributed by atoms with E-state index >= 15 is 0 Å². The van der Waals surface area contributed by atoms with Gasteiger partial charge in [-0.25, -0.2) is 8.42 Å². The van der Waals surface area contributed by atoms with E-state index in [4.69, 9.17) is 11.6 Å². The molecule has 0 spiro atoms. The number of nitrogens with one attached hydrogen (secondary N) is 1. The van der Waals surface area contributed by atoms with Crippen LogP contribution in [0.5, 0.6) is 0 Å². The molecule has 1 rings (SSSR count). The van der Waals surface area contributed by atoms with E-state index in [0.717, 1.165) is 12.1 Å². The number of alkyl halides is 3. The van der Waals surface area contributed by atoms with Gasteiger partial charge in [0.25, 0.3) is 9.84 Å². The van der Waals surface area contributed by atoms with E-state index in [1.165, 1.54) is 12.1 Å². The average molecular weight is 300 g/mol. The number of sulfone groups is 1. The van der Waals surface area contributed by atoms with Crippen LogP contribution in [0.4, 0.5) is 18.9 Å².